The van der Waals surface area contributed by atoms with Crippen molar-refractivity contribution >= 4 is 11.8 Å². The molecule has 2 aliphatic heterocycles. The van der Waals surface area contributed by atoms with Crippen LogP contribution in [-0.4, -0.2) is 66.5 Å². The number of aryl methyl sites for hydroxylation is 1. The molecule has 0 aliphatic carbocycles. The van der Waals surface area contributed by atoms with E-state index in [0.29, 0.717) is 31.9 Å². The second-order valence-electron chi connectivity index (χ2n) is 6.90. The highest BCUT2D eigenvalue weighted by Crippen LogP contribution is 2.40. The van der Waals surface area contributed by atoms with Crippen LogP contribution in [0.5, 0.6) is 0 Å². The molecule has 1 aromatic rings. The molecule has 1 spiro atoms. The minimum Gasteiger partial charge on any atom is -0.383 e. The van der Waals surface area contributed by atoms with Crippen LogP contribution in [0.1, 0.15) is 42.4 Å². The van der Waals surface area contributed by atoms with Gasteiger partial charge in [-0.05, 0) is 37.8 Å². The largest absolute Gasteiger partial charge is 0.383 e. The number of methoxy groups -OCH3 is 1. The Hall–Kier alpha value is -1.82. The minimum absolute atomic E-state index is 0.00777. The lowest BCUT2D eigenvalue weighted by atomic mass is 9.78. The van der Waals surface area contributed by atoms with Crippen LogP contribution in [0.2, 0.25) is 0 Å². The molecule has 3 rings (SSSR count). The molecule has 0 radical (unpaired) electrons. The molecule has 2 amide bonds. The average Bonchev–Trinajstić information content (AvgIpc) is 3.24. The number of nitrogens with one attached hydrogen (secondary N) is 1. The van der Waals surface area contributed by atoms with Crippen molar-refractivity contribution in [2.24, 2.45) is 5.41 Å². The van der Waals surface area contributed by atoms with E-state index in [1.54, 1.807) is 7.11 Å². The van der Waals surface area contributed by atoms with Crippen molar-refractivity contribution in [1.29, 1.82) is 0 Å². The first kappa shape index (κ1) is 17.0. The first-order valence-electron chi connectivity index (χ1n) is 8.85. The highest BCUT2D eigenvalue weighted by atomic mass is 16.5. The average molecular weight is 333 g/mol. The quantitative estimate of drug-likeness (QED) is 0.891. The van der Waals surface area contributed by atoms with Gasteiger partial charge in [0.25, 0.3) is 5.91 Å². The van der Waals surface area contributed by atoms with Crippen LogP contribution >= 0.6 is 0 Å². The van der Waals surface area contributed by atoms with Crippen molar-refractivity contribution in [3.63, 3.8) is 0 Å². The number of rotatable bonds is 5. The molecule has 1 atom stereocenters. The number of ether oxygens (including phenoxy) is 1. The van der Waals surface area contributed by atoms with E-state index in [9.17, 15) is 9.59 Å². The fourth-order valence-electron chi connectivity index (χ4n) is 3.93. The molecule has 1 N–H and O–H groups in total. The van der Waals surface area contributed by atoms with Gasteiger partial charge in [0.15, 0.2) is 0 Å². The molecule has 6 nitrogen and oxygen atoms in total. The van der Waals surface area contributed by atoms with E-state index >= 15 is 0 Å². The Kier molecular flexibility index (Phi) is 4.94. The summed E-state index contributed by atoms with van der Waals surface area (Å²) in [5.74, 6) is 0.204. The number of aromatic amines is 1. The van der Waals surface area contributed by atoms with E-state index in [1.807, 2.05) is 21.9 Å². The Morgan fingerprint density at radius 1 is 1.33 bits per heavy atom. The van der Waals surface area contributed by atoms with Gasteiger partial charge in [-0.2, -0.15) is 0 Å². The van der Waals surface area contributed by atoms with Gasteiger partial charge in [-0.1, -0.05) is 6.92 Å². The standard InChI is InChI=1S/C18H27N3O3/c1-3-14-5-6-15(19-14)16(22)21-10-8-18(13-21)7-4-9-20(17(18)23)11-12-24-2/h5-6,19H,3-4,7-13H2,1-2H3/t18-/m0/s1. The van der Waals surface area contributed by atoms with Gasteiger partial charge in [-0.3, -0.25) is 9.59 Å². The normalized spacial score (nSPS) is 24.2. The van der Waals surface area contributed by atoms with E-state index in [0.717, 1.165) is 37.9 Å². The molecule has 132 valence electrons. The third-order valence-electron chi connectivity index (χ3n) is 5.39. The molecule has 0 unspecified atom stereocenters. The summed E-state index contributed by atoms with van der Waals surface area (Å²) >= 11 is 0. The van der Waals surface area contributed by atoms with E-state index in [4.69, 9.17) is 4.74 Å². The molecule has 1 aromatic heterocycles. The Labute approximate surface area is 143 Å². The zero-order valence-electron chi connectivity index (χ0n) is 14.6. The van der Waals surface area contributed by atoms with Crippen molar-refractivity contribution < 1.29 is 14.3 Å². The summed E-state index contributed by atoms with van der Waals surface area (Å²) in [5.41, 5.74) is 1.30. The maximum atomic E-state index is 12.9. The first-order chi connectivity index (χ1) is 11.6. The monoisotopic (exact) mass is 333 g/mol. The number of nitrogens with zero attached hydrogens (tertiary/aromatic N) is 2. The van der Waals surface area contributed by atoms with Crippen molar-refractivity contribution in [2.45, 2.75) is 32.6 Å². The molecular weight excluding hydrogens is 306 g/mol. The maximum Gasteiger partial charge on any atom is 0.270 e. The summed E-state index contributed by atoms with van der Waals surface area (Å²) in [4.78, 5) is 32.6. The highest BCUT2D eigenvalue weighted by molar-refractivity contribution is 5.94. The number of aromatic nitrogens is 1. The fraction of sp³-hybridized carbons (Fsp3) is 0.667. The van der Waals surface area contributed by atoms with Crippen molar-refractivity contribution in [2.75, 3.05) is 39.9 Å². The van der Waals surface area contributed by atoms with Gasteiger partial charge in [0.2, 0.25) is 5.91 Å². The smallest absolute Gasteiger partial charge is 0.270 e. The fourth-order valence-corrected chi connectivity index (χ4v) is 3.93. The molecule has 0 bridgehead atoms. The lowest BCUT2D eigenvalue weighted by Gasteiger charge is -2.39. The summed E-state index contributed by atoms with van der Waals surface area (Å²) in [6.07, 6.45) is 3.52. The lowest BCUT2D eigenvalue weighted by Crippen LogP contribution is -2.51. The molecule has 2 aliphatic rings. The van der Waals surface area contributed by atoms with Gasteiger partial charge in [0.05, 0.1) is 12.0 Å². The SMILES string of the molecule is CCc1ccc(C(=O)N2CC[C@@]3(CCCN(CCOC)C3=O)C2)[nH]1. The second kappa shape index (κ2) is 6.97. The zero-order valence-corrected chi connectivity index (χ0v) is 14.6. The van der Waals surface area contributed by atoms with E-state index in [2.05, 4.69) is 11.9 Å². The molecule has 2 fully saturated rings. The Bertz CT molecular complexity index is 612. The molecule has 3 heterocycles. The Morgan fingerprint density at radius 3 is 2.88 bits per heavy atom. The topological polar surface area (TPSA) is 65.6 Å². The molecule has 6 heteroatoms. The van der Waals surface area contributed by atoms with Gasteiger partial charge in [-0.25, -0.2) is 0 Å². The van der Waals surface area contributed by atoms with E-state index in [-0.39, 0.29) is 17.2 Å². The number of likely N-dealkylation sites (tertiary alicyclic amines) is 2. The number of H-pyrrole nitrogens is 1. The predicted octanol–water partition coefficient (Wildman–Crippen LogP) is 1.68. The molecule has 0 saturated carbocycles. The first-order valence-corrected chi connectivity index (χ1v) is 8.85. The Morgan fingerprint density at radius 2 is 2.17 bits per heavy atom. The van der Waals surface area contributed by atoms with Crippen molar-refractivity contribution in [3.05, 3.63) is 23.5 Å². The van der Waals surface area contributed by atoms with Crippen LogP contribution in [0, 0.1) is 5.41 Å². The molecule has 2 saturated heterocycles. The maximum absolute atomic E-state index is 12.9. The van der Waals surface area contributed by atoms with Crippen LogP contribution < -0.4 is 0 Å². The zero-order chi connectivity index (χ0) is 17.2. The van der Waals surface area contributed by atoms with Crippen LogP contribution in [0.15, 0.2) is 12.1 Å². The minimum atomic E-state index is -0.387. The van der Waals surface area contributed by atoms with Crippen LogP contribution in [-0.2, 0) is 16.0 Å². The third kappa shape index (κ3) is 3.07. The van der Waals surface area contributed by atoms with Crippen molar-refractivity contribution in [1.82, 2.24) is 14.8 Å². The van der Waals surface area contributed by atoms with E-state index in [1.165, 1.54) is 0 Å². The summed E-state index contributed by atoms with van der Waals surface area (Å²) in [6, 6.07) is 3.80. The predicted molar refractivity (Wildman–Crippen MR) is 90.8 cm³/mol. The molecule has 0 aromatic carbocycles. The summed E-state index contributed by atoms with van der Waals surface area (Å²) in [7, 11) is 1.65. The van der Waals surface area contributed by atoms with Gasteiger partial charge in [0.1, 0.15) is 5.69 Å². The van der Waals surface area contributed by atoms with E-state index < -0.39 is 0 Å². The number of carbonyl (C=O) groups is 2. The third-order valence-corrected chi connectivity index (χ3v) is 5.39. The lowest BCUT2D eigenvalue weighted by molar-refractivity contribution is -0.146. The molecule has 24 heavy (non-hydrogen) atoms. The summed E-state index contributed by atoms with van der Waals surface area (Å²) in [5, 5.41) is 0. The number of hydrogen-bond acceptors (Lipinski definition) is 3. The van der Waals surface area contributed by atoms with Gasteiger partial charge >= 0.3 is 0 Å². The Balaban J connectivity index is 1.69. The summed E-state index contributed by atoms with van der Waals surface area (Å²) in [6.45, 7) is 5.25. The van der Waals surface area contributed by atoms with Crippen LogP contribution in [0.25, 0.3) is 0 Å². The molecular formula is C18H27N3O3. The number of carbonyl (C=O) groups excluding carboxylic acids is 2. The van der Waals surface area contributed by atoms with Gasteiger partial charge < -0.3 is 19.5 Å². The number of amides is 2. The number of piperidine rings is 1. The van der Waals surface area contributed by atoms with Crippen molar-refractivity contribution in [3.8, 4) is 0 Å². The second-order valence-corrected chi connectivity index (χ2v) is 6.90. The van der Waals surface area contributed by atoms with Gasteiger partial charge in [-0.15, -0.1) is 0 Å². The highest BCUT2D eigenvalue weighted by Gasteiger charge is 2.49. The summed E-state index contributed by atoms with van der Waals surface area (Å²) < 4.78 is 5.11. The number of hydrogen-bond donors (Lipinski definition) is 1. The van der Waals surface area contributed by atoms with Gasteiger partial charge in [0, 0.05) is 39.0 Å². The van der Waals surface area contributed by atoms with Crippen LogP contribution in [0.3, 0.4) is 0 Å². The van der Waals surface area contributed by atoms with Crippen LogP contribution in [0.4, 0.5) is 0 Å².